The predicted molar refractivity (Wildman–Crippen MR) is 77.6 cm³/mol. The molecule has 1 amide bonds. The van der Waals surface area contributed by atoms with Crippen molar-refractivity contribution < 1.29 is 9.90 Å². The summed E-state index contributed by atoms with van der Waals surface area (Å²) in [6, 6.07) is 5.48. The highest BCUT2D eigenvalue weighted by Gasteiger charge is 2.44. The highest BCUT2D eigenvalue weighted by atomic mass is 16.6. The molecule has 0 saturated heterocycles. The Labute approximate surface area is 117 Å². The Hall–Kier alpha value is -1.85. The number of carbonyl (C=O) groups excluding carboxylic acids is 1. The van der Waals surface area contributed by atoms with E-state index >= 15 is 0 Å². The highest BCUT2D eigenvalue weighted by Crippen LogP contribution is 2.45. The number of nitrogens with zero attached hydrogens (tertiary/aromatic N) is 2. The van der Waals surface area contributed by atoms with E-state index in [1.54, 1.807) is 11.0 Å². The third-order valence-corrected chi connectivity index (χ3v) is 4.18. The summed E-state index contributed by atoms with van der Waals surface area (Å²) in [5.74, 6) is -0.181. The molecule has 0 spiro atoms. The van der Waals surface area contributed by atoms with E-state index in [0.717, 1.165) is 24.0 Å². The minimum Gasteiger partial charge on any atom is -0.619 e. The average molecular weight is 274 g/mol. The molecule has 2 aliphatic heterocycles. The summed E-state index contributed by atoms with van der Waals surface area (Å²) in [6.07, 6.45) is 3.87. The number of carbonyl (C=O) groups is 1. The lowest BCUT2D eigenvalue weighted by Crippen LogP contribution is -2.55. The van der Waals surface area contributed by atoms with Gasteiger partial charge in [-0.15, -0.1) is 0 Å². The number of amides is 1. The Morgan fingerprint density at radius 2 is 2.35 bits per heavy atom. The van der Waals surface area contributed by atoms with Gasteiger partial charge < -0.3 is 15.2 Å². The van der Waals surface area contributed by atoms with Crippen LogP contribution in [-0.4, -0.2) is 35.5 Å². The van der Waals surface area contributed by atoms with Crippen molar-refractivity contribution in [3.8, 4) is 0 Å². The minimum absolute atomic E-state index is 0.165. The Balaban J connectivity index is 2.02. The van der Waals surface area contributed by atoms with E-state index in [2.05, 4.69) is 0 Å². The number of aliphatic hydroxyl groups is 1. The van der Waals surface area contributed by atoms with Crippen molar-refractivity contribution in [2.24, 2.45) is 0 Å². The van der Waals surface area contributed by atoms with Gasteiger partial charge in [0.1, 0.15) is 6.54 Å². The van der Waals surface area contributed by atoms with Gasteiger partial charge >= 0.3 is 0 Å². The molecule has 1 aromatic carbocycles. The molecule has 0 aromatic heterocycles. The SMILES string of the molecule is CCCN(C=O)C1Cc2cccc3c2[N+]([O-])(C1)C(O)=C3. The van der Waals surface area contributed by atoms with Gasteiger partial charge in [0.05, 0.1) is 12.1 Å². The highest BCUT2D eigenvalue weighted by molar-refractivity contribution is 5.79. The number of aliphatic hydroxyl groups excluding tert-OH is 1. The quantitative estimate of drug-likeness (QED) is 0.520. The number of quaternary nitrogens is 1. The van der Waals surface area contributed by atoms with Crippen LogP contribution in [0.4, 0.5) is 5.69 Å². The van der Waals surface area contributed by atoms with Crippen molar-refractivity contribution in [1.82, 2.24) is 9.55 Å². The summed E-state index contributed by atoms with van der Waals surface area (Å²) in [6.45, 7) is 2.82. The van der Waals surface area contributed by atoms with Gasteiger partial charge in [-0.1, -0.05) is 19.1 Å². The van der Waals surface area contributed by atoms with Crippen LogP contribution in [0, 0.1) is 5.21 Å². The Bertz CT molecular complexity index is 584. The van der Waals surface area contributed by atoms with Crippen molar-refractivity contribution in [2.75, 3.05) is 13.1 Å². The van der Waals surface area contributed by atoms with Crippen LogP contribution < -0.4 is 4.65 Å². The summed E-state index contributed by atoms with van der Waals surface area (Å²) in [5, 5.41) is 23.1. The van der Waals surface area contributed by atoms with Crippen LogP contribution >= 0.6 is 0 Å². The number of hydrogen-bond donors (Lipinski definition) is 1. The van der Waals surface area contributed by atoms with Gasteiger partial charge in [0.25, 0.3) is 5.88 Å². The van der Waals surface area contributed by atoms with Crippen molar-refractivity contribution >= 4 is 18.2 Å². The number of hydroxylamine groups is 2. The number of hydrogen-bond acceptors (Lipinski definition) is 3. The molecule has 2 aliphatic rings. The first-order valence-corrected chi connectivity index (χ1v) is 6.94. The topological polar surface area (TPSA) is 63.6 Å². The molecule has 20 heavy (non-hydrogen) atoms. The van der Waals surface area contributed by atoms with Crippen LogP contribution in [0.2, 0.25) is 0 Å². The van der Waals surface area contributed by atoms with Crippen molar-refractivity contribution in [3.05, 3.63) is 40.4 Å². The minimum atomic E-state index is -0.829. The van der Waals surface area contributed by atoms with E-state index in [0.29, 0.717) is 18.7 Å². The molecule has 2 atom stereocenters. The van der Waals surface area contributed by atoms with Gasteiger partial charge in [-0.05, 0) is 12.5 Å². The molecule has 2 unspecified atom stereocenters. The van der Waals surface area contributed by atoms with E-state index in [4.69, 9.17) is 0 Å². The second-order valence-corrected chi connectivity index (χ2v) is 5.48. The zero-order valence-corrected chi connectivity index (χ0v) is 11.5. The first kappa shape index (κ1) is 13.1. The van der Waals surface area contributed by atoms with Crippen molar-refractivity contribution in [3.63, 3.8) is 0 Å². The molecule has 3 rings (SSSR count). The number of rotatable bonds is 4. The standard InChI is InChI=1S/C15H18N2O3/c1-2-6-16(10-18)13-7-11-4-3-5-12-8-14(19)17(20,9-13)15(11)12/h3-5,8,10,13,19H,2,6-7,9H2,1H3. The van der Waals surface area contributed by atoms with Gasteiger partial charge in [0, 0.05) is 24.1 Å². The maximum absolute atomic E-state index is 13.0. The summed E-state index contributed by atoms with van der Waals surface area (Å²) >= 11 is 0. The van der Waals surface area contributed by atoms with Gasteiger partial charge in [0.2, 0.25) is 6.41 Å². The summed E-state index contributed by atoms with van der Waals surface area (Å²) < 4.78 is -0.829. The molecule has 5 heteroatoms. The maximum atomic E-state index is 13.0. The van der Waals surface area contributed by atoms with Crippen molar-refractivity contribution in [2.45, 2.75) is 25.8 Å². The second kappa shape index (κ2) is 4.61. The zero-order valence-electron chi connectivity index (χ0n) is 11.5. The molecule has 0 aliphatic carbocycles. The fourth-order valence-corrected chi connectivity index (χ4v) is 3.29. The molecular weight excluding hydrogens is 256 g/mol. The largest absolute Gasteiger partial charge is 0.619 e. The molecule has 2 heterocycles. The van der Waals surface area contributed by atoms with Crippen LogP contribution in [-0.2, 0) is 11.2 Å². The van der Waals surface area contributed by atoms with Crippen LogP contribution in [0.15, 0.2) is 24.1 Å². The molecule has 5 nitrogen and oxygen atoms in total. The van der Waals surface area contributed by atoms with E-state index < -0.39 is 4.65 Å². The predicted octanol–water partition coefficient (Wildman–Crippen LogP) is 2.15. The molecule has 106 valence electrons. The molecule has 0 fully saturated rings. The Morgan fingerprint density at radius 3 is 3.05 bits per heavy atom. The Kier molecular flexibility index (Phi) is 3.03. The normalized spacial score (nSPS) is 26.9. The van der Waals surface area contributed by atoms with Gasteiger partial charge in [-0.25, -0.2) is 0 Å². The van der Waals surface area contributed by atoms with E-state index in [1.165, 1.54) is 0 Å². The van der Waals surface area contributed by atoms with E-state index in [1.807, 2.05) is 25.1 Å². The number of para-hydroxylation sites is 1. The maximum Gasteiger partial charge on any atom is 0.295 e. The molecule has 1 aromatic rings. The third-order valence-electron chi connectivity index (χ3n) is 4.18. The molecular formula is C15H18N2O3. The number of benzene rings is 1. The molecule has 1 N–H and O–H groups in total. The van der Waals surface area contributed by atoms with Gasteiger partial charge in [0.15, 0.2) is 5.69 Å². The summed E-state index contributed by atoms with van der Waals surface area (Å²) in [5.41, 5.74) is 2.36. The molecule has 0 saturated carbocycles. The smallest absolute Gasteiger partial charge is 0.295 e. The average Bonchev–Trinajstić information content (AvgIpc) is 2.69. The Morgan fingerprint density at radius 1 is 1.55 bits per heavy atom. The fourth-order valence-electron chi connectivity index (χ4n) is 3.29. The lowest BCUT2D eigenvalue weighted by Gasteiger charge is -2.46. The van der Waals surface area contributed by atoms with Gasteiger partial charge in [-0.3, -0.25) is 9.44 Å². The van der Waals surface area contributed by atoms with E-state index in [9.17, 15) is 15.1 Å². The van der Waals surface area contributed by atoms with Crippen molar-refractivity contribution in [1.29, 1.82) is 0 Å². The molecule has 0 radical (unpaired) electrons. The van der Waals surface area contributed by atoms with Gasteiger partial charge in [-0.2, -0.15) is 0 Å². The van der Waals surface area contributed by atoms with Crippen LogP contribution in [0.3, 0.4) is 0 Å². The first-order valence-electron chi connectivity index (χ1n) is 6.94. The molecule has 0 bridgehead atoms. The monoisotopic (exact) mass is 274 g/mol. The summed E-state index contributed by atoms with van der Waals surface area (Å²) in [7, 11) is 0. The lowest BCUT2D eigenvalue weighted by molar-refractivity contribution is -0.120. The fraction of sp³-hybridized carbons (Fsp3) is 0.400. The zero-order chi connectivity index (χ0) is 14.3. The van der Waals surface area contributed by atoms with Crippen LogP contribution in [0.5, 0.6) is 0 Å². The lowest BCUT2D eigenvalue weighted by atomic mass is 9.95. The third kappa shape index (κ3) is 1.74. The first-order chi connectivity index (χ1) is 9.60. The van der Waals surface area contributed by atoms with E-state index in [-0.39, 0.29) is 18.5 Å². The summed E-state index contributed by atoms with van der Waals surface area (Å²) in [4.78, 5) is 12.9. The second-order valence-electron chi connectivity index (χ2n) is 5.48. The van der Waals surface area contributed by atoms with Crippen LogP contribution in [0.25, 0.3) is 6.08 Å². The van der Waals surface area contributed by atoms with Crippen LogP contribution in [0.1, 0.15) is 24.5 Å².